The molecule has 3 rings (SSSR count). The van der Waals surface area contributed by atoms with Crippen molar-refractivity contribution in [3.8, 4) is 11.1 Å². The minimum atomic E-state index is 0.933. The van der Waals surface area contributed by atoms with Crippen LogP contribution in [-0.4, -0.2) is 7.28 Å². The van der Waals surface area contributed by atoms with Crippen molar-refractivity contribution in [3.05, 3.63) is 164 Å². The quantitative estimate of drug-likeness (QED) is 0.190. The third-order valence-corrected chi connectivity index (χ3v) is 6.21. The van der Waals surface area contributed by atoms with Crippen LogP contribution in [0.25, 0.3) is 38.6 Å². The molecule has 0 heterocycles. The predicted octanol–water partition coefficient (Wildman–Crippen LogP) is 9.98. The molecule has 0 aliphatic heterocycles. The Morgan fingerprint density at radius 2 is 1.30 bits per heavy atom. The molecule has 0 unspecified atom stereocenters. The highest BCUT2D eigenvalue weighted by Crippen LogP contribution is 2.37. The van der Waals surface area contributed by atoms with Gasteiger partial charge in [-0.3, -0.25) is 0 Å². The average molecular weight is 478 g/mol. The number of benzene rings is 3. The second-order valence-corrected chi connectivity index (χ2v) is 8.57. The molecular formula is C36H35B. The lowest BCUT2D eigenvalue weighted by Crippen LogP contribution is -1.96. The highest BCUT2D eigenvalue weighted by atomic mass is 14.2. The molecule has 0 atom stereocenters. The molecule has 3 aromatic rings. The second kappa shape index (κ2) is 13.7. The second-order valence-electron chi connectivity index (χ2n) is 8.57. The SMILES string of the molecule is C=C/C=C\C(=C/BC)c1cc2cc(/C(C=C)=C/C=C)c(-c3ccccc3)cc2cc1C(/C=C\C=C)=C/C. The van der Waals surface area contributed by atoms with Crippen molar-refractivity contribution >= 4 is 34.8 Å². The van der Waals surface area contributed by atoms with Crippen LogP contribution < -0.4 is 0 Å². The molecule has 0 saturated carbocycles. The van der Waals surface area contributed by atoms with Gasteiger partial charge in [-0.05, 0) is 86.5 Å². The topological polar surface area (TPSA) is 0 Å². The van der Waals surface area contributed by atoms with Gasteiger partial charge >= 0.3 is 0 Å². The van der Waals surface area contributed by atoms with E-state index < -0.39 is 0 Å². The van der Waals surface area contributed by atoms with Crippen LogP contribution in [0.5, 0.6) is 0 Å². The molecule has 0 radical (unpaired) electrons. The van der Waals surface area contributed by atoms with E-state index in [-0.39, 0.29) is 0 Å². The number of rotatable bonds is 11. The molecule has 0 saturated heterocycles. The summed E-state index contributed by atoms with van der Waals surface area (Å²) in [5, 5.41) is 2.35. The smallest absolute Gasteiger partial charge is 0.112 e. The number of fused-ring (bicyclic) bond motifs is 1. The Labute approximate surface area is 223 Å². The third-order valence-electron chi connectivity index (χ3n) is 6.21. The number of allylic oxidation sites excluding steroid dienone is 13. The Bertz CT molecular complexity index is 1450. The van der Waals surface area contributed by atoms with Crippen LogP contribution in [0.4, 0.5) is 0 Å². The summed E-state index contributed by atoms with van der Waals surface area (Å²) in [4.78, 5) is 0. The minimum Gasteiger partial charge on any atom is -0.112 e. The molecule has 0 aliphatic carbocycles. The van der Waals surface area contributed by atoms with Gasteiger partial charge < -0.3 is 0 Å². The maximum absolute atomic E-state index is 4.08. The Hall–Kier alpha value is -4.36. The molecule has 0 aromatic heterocycles. The van der Waals surface area contributed by atoms with Gasteiger partial charge in [-0.15, -0.1) is 5.98 Å². The van der Waals surface area contributed by atoms with Gasteiger partial charge in [0, 0.05) is 0 Å². The van der Waals surface area contributed by atoms with Crippen LogP contribution in [-0.2, 0) is 0 Å². The van der Waals surface area contributed by atoms with Crippen LogP contribution in [0.2, 0.25) is 6.82 Å². The maximum Gasteiger partial charge on any atom is 0.145 e. The van der Waals surface area contributed by atoms with Crippen molar-refractivity contribution in [2.45, 2.75) is 13.7 Å². The van der Waals surface area contributed by atoms with E-state index in [1.807, 2.05) is 48.6 Å². The fourth-order valence-corrected chi connectivity index (χ4v) is 4.49. The molecule has 37 heavy (non-hydrogen) atoms. The van der Waals surface area contributed by atoms with Crippen LogP contribution in [0, 0.1) is 0 Å². The molecule has 1 heteroatoms. The first-order valence-corrected chi connectivity index (χ1v) is 12.7. The summed E-state index contributed by atoms with van der Waals surface area (Å²) >= 11 is 0. The summed E-state index contributed by atoms with van der Waals surface area (Å²) in [6.45, 7) is 20.0. The Morgan fingerprint density at radius 1 is 0.703 bits per heavy atom. The lowest BCUT2D eigenvalue weighted by Gasteiger charge is -2.18. The van der Waals surface area contributed by atoms with Crippen LogP contribution >= 0.6 is 0 Å². The predicted molar refractivity (Wildman–Crippen MR) is 171 cm³/mol. The fourth-order valence-electron chi connectivity index (χ4n) is 4.49. The first-order chi connectivity index (χ1) is 18.1. The van der Waals surface area contributed by atoms with Crippen molar-refractivity contribution in [2.24, 2.45) is 0 Å². The molecule has 0 aliphatic rings. The number of hydrogen-bond donors (Lipinski definition) is 0. The lowest BCUT2D eigenvalue weighted by atomic mass is 9.77. The van der Waals surface area contributed by atoms with Gasteiger partial charge in [-0.1, -0.05) is 124 Å². The zero-order valence-corrected chi connectivity index (χ0v) is 22.1. The van der Waals surface area contributed by atoms with E-state index in [0.717, 1.165) is 24.0 Å². The first kappa shape index (κ1) is 27.2. The summed E-state index contributed by atoms with van der Waals surface area (Å²) in [5.41, 5.74) is 9.19. The van der Waals surface area contributed by atoms with E-state index in [2.05, 4.69) is 113 Å². The maximum atomic E-state index is 4.08. The molecule has 0 spiro atoms. The van der Waals surface area contributed by atoms with Gasteiger partial charge in [0.25, 0.3) is 0 Å². The van der Waals surface area contributed by atoms with Crippen molar-refractivity contribution in [3.63, 3.8) is 0 Å². The Balaban J connectivity index is 2.47. The normalized spacial score (nSPS) is 12.8. The Morgan fingerprint density at radius 3 is 1.86 bits per heavy atom. The molecule has 182 valence electrons. The zero-order valence-electron chi connectivity index (χ0n) is 22.1. The van der Waals surface area contributed by atoms with Gasteiger partial charge in [-0.2, -0.15) is 0 Å². The van der Waals surface area contributed by atoms with E-state index in [0.29, 0.717) is 0 Å². The highest BCUT2D eigenvalue weighted by Gasteiger charge is 2.15. The van der Waals surface area contributed by atoms with Gasteiger partial charge in [0.1, 0.15) is 7.28 Å². The van der Waals surface area contributed by atoms with Crippen LogP contribution in [0.15, 0.2) is 148 Å². The third kappa shape index (κ3) is 6.45. The first-order valence-electron chi connectivity index (χ1n) is 12.7. The summed E-state index contributed by atoms with van der Waals surface area (Å²) in [6.07, 6.45) is 19.8. The largest absolute Gasteiger partial charge is 0.145 e. The molecule has 0 N–H and O–H groups in total. The molecule has 0 nitrogen and oxygen atoms in total. The molecule has 0 amide bonds. The fraction of sp³-hybridized carbons (Fsp3) is 0.0556. The minimum absolute atomic E-state index is 0.933. The van der Waals surface area contributed by atoms with Gasteiger partial charge in [0.15, 0.2) is 0 Å². The number of hydrogen-bond acceptors (Lipinski definition) is 0. The van der Waals surface area contributed by atoms with E-state index in [1.165, 1.54) is 38.6 Å². The molecule has 0 bridgehead atoms. The average Bonchev–Trinajstić information content (AvgIpc) is 2.94. The van der Waals surface area contributed by atoms with Gasteiger partial charge in [-0.25, -0.2) is 0 Å². The molecule has 3 aromatic carbocycles. The van der Waals surface area contributed by atoms with E-state index in [1.54, 1.807) is 0 Å². The van der Waals surface area contributed by atoms with Crippen molar-refractivity contribution in [2.75, 3.05) is 0 Å². The zero-order chi connectivity index (χ0) is 26.6. The van der Waals surface area contributed by atoms with E-state index in [4.69, 9.17) is 0 Å². The Kier molecular flexibility index (Phi) is 10.1. The molecular weight excluding hydrogens is 443 g/mol. The van der Waals surface area contributed by atoms with Crippen molar-refractivity contribution < 1.29 is 0 Å². The van der Waals surface area contributed by atoms with E-state index >= 15 is 0 Å². The van der Waals surface area contributed by atoms with Gasteiger partial charge in [0.05, 0.1) is 0 Å². The highest BCUT2D eigenvalue weighted by molar-refractivity contribution is 6.42. The van der Waals surface area contributed by atoms with Gasteiger partial charge in [0.2, 0.25) is 0 Å². The summed E-state index contributed by atoms with van der Waals surface area (Å²) < 4.78 is 0. The van der Waals surface area contributed by atoms with Crippen molar-refractivity contribution in [1.82, 2.24) is 0 Å². The van der Waals surface area contributed by atoms with Crippen molar-refractivity contribution in [1.29, 1.82) is 0 Å². The standard InChI is InChI=1S/C36H35B/c1-7-12-18-28(11-5)34-23-31-24-35(29-20-15-14-16-21-29)33(27(10-4)17-9-3)22-32(31)25-36(34)30(26-37-6)19-13-8-2/h7-26,37H,1-4H2,5-6H3/b18-12-,19-13-,27-17+,28-11+,30-26+. The van der Waals surface area contributed by atoms with Crippen LogP contribution in [0.1, 0.15) is 23.6 Å². The summed E-state index contributed by atoms with van der Waals surface area (Å²) in [7, 11) is 0.933. The lowest BCUT2D eigenvalue weighted by molar-refractivity contribution is 1.55. The van der Waals surface area contributed by atoms with E-state index in [9.17, 15) is 0 Å². The molecule has 0 fully saturated rings. The summed E-state index contributed by atoms with van der Waals surface area (Å²) in [6, 6.07) is 19.7. The van der Waals surface area contributed by atoms with Crippen LogP contribution in [0.3, 0.4) is 0 Å². The monoisotopic (exact) mass is 478 g/mol. The summed E-state index contributed by atoms with van der Waals surface area (Å²) in [5.74, 6) is 2.27.